The third-order valence-corrected chi connectivity index (χ3v) is 3.50. The molecule has 1 amide bonds. The van der Waals surface area contributed by atoms with Gasteiger partial charge in [-0.15, -0.1) is 0 Å². The first kappa shape index (κ1) is 14.5. The lowest BCUT2D eigenvalue weighted by Crippen LogP contribution is -2.47. The summed E-state index contributed by atoms with van der Waals surface area (Å²) in [6.45, 7) is 7.17. The van der Waals surface area contributed by atoms with Gasteiger partial charge in [-0.1, -0.05) is 6.42 Å². The second kappa shape index (κ2) is 7.67. The van der Waals surface area contributed by atoms with Gasteiger partial charge in [-0.05, 0) is 53.2 Å². The SMILES string of the molecule is CC(C)N(C)CCCNC(=O)[C@@H]1CCCCN1. The molecule has 0 spiro atoms. The van der Waals surface area contributed by atoms with E-state index in [0.717, 1.165) is 32.5 Å². The Morgan fingerprint density at radius 2 is 2.24 bits per heavy atom. The van der Waals surface area contributed by atoms with Crippen LogP contribution < -0.4 is 10.6 Å². The van der Waals surface area contributed by atoms with Gasteiger partial charge in [0, 0.05) is 12.6 Å². The van der Waals surface area contributed by atoms with E-state index in [2.05, 4.69) is 36.4 Å². The summed E-state index contributed by atoms with van der Waals surface area (Å²) in [5, 5.41) is 6.28. The molecule has 100 valence electrons. The molecule has 0 aliphatic carbocycles. The highest BCUT2D eigenvalue weighted by Gasteiger charge is 2.19. The molecule has 1 heterocycles. The summed E-state index contributed by atoms with van der Waals surface area (Å²) in [6, 6.07) is 0.622. The lowest BCUT2D eigenvalue weighted by Gasteiger charge is -2.23. The van der Waals surface area contributed by atoms with Gasteiger partial charge in [-0.25, -0.2) is 0 Å². The first-order valence-electron chi connectivity index (χ1n) is 6.82. The van der Waals surface area contributed by atoms with Crippen LogP contribution in [0.1, 0.15) is 39.5 Å². The van der Waals surface area contributed by atoms with E-state index < -0.39 is 0 Å². The highest BCUT2D eigenvalue weighted by Crippen LogP contribution is 2.06. The molecule has 0 aromatic heterocycles. The van der Waals surface area contributed by atoms with Crippen LogP contribution in [0.15, 0.2) is 0 Å². The topological polar surface area (TPSA) is 44.4 Å². The van der Waals surface area contributed by atoms with E-state index in [9.17, 15) is 4.79 Å². The Labute approximate surface area is 105 Å². The lowest BCUT2D eigenvalue weighted by molar-refractivity contribution is -0.123. The summed E-state index contributed by atoms with van der Waals surface area (Å²) in [5.74, 6) is 0.178. The van der Waals surface area contributed by atoms with Crippen LogP contribution in [0.25, 0.3) is 0 Å². The highest BCUT2D eigenvalue weighted by atomic mass is 16.2. The number of nitrogens with zero attached hydrogens (tertiary/aromatic N) is 1. The zero-order chi connectivity index (χ0) is 12.7. The van der Waals surface area contributed by atoms with E-state index >= 15 is 0 Å². The van der Waals surface area contributed by atoms with Crippen LogP contribution in [0.2, 0.25) is 0 Å². The van der Waals surface area contributed by atoms with Crippen LogP contribution in [0.3, 0.4) is 0 Å². The van der Waals surface area contributed by atoms with Gasteiger partial charge >= 0.3 is 0 Å². The number of nitrogens with one attached hydrogen (secondary N) is 2. The maximum atomic E-state index is 11.8. The van der Waals surface area contributed by atoms with Crippen molar-refractivity contribution in [2.24, 2.45) is 0 Å². The molecular formula is C13H27N3O. The molecule has 1 saturated heterocycles. The van der Waals surface area contributed by atoms with Crippen molar-refractivity contribution in [1.29, 1.82) is 0 Å². The van der Waals surface area contributed by atoms with Crippen molar-refractivity contribution in [2.75, 3.05) is 26.7 Å². The highest BCUT2D eigenvalue weighted by molar-refractivity contribution is 5.81. The normalized spacial score (nSPS) is 20.9. The van der Waals surface area contributed by atoms with Crippen molar-refractivity contribution < 1.29 is 4.79 Å². The standard InChI is InChI=1S/C13H27N3O/c1-11(2)16(3)10-6-9-15-13(17)12-7-4-5-8-14-12/h11-12,14H,4-10H2,1-3H3,(H,15,17)/t12-/m0/s1. The number of rotatable bonds is 6. The van der Waals surface area contributed by atoms with Crippen LogP contribution in [0.4, 0.5) is 0 Å². The molecule has 4 nitrogen and oxygen atoms in total. The Kier molecular flexibility index (Phi) is 6.52. The van der Waals surface area contributed by atoms with E-state index in [1.54, 1.807) is 0 Å². The van der Waals surface area contributed by atoms with Gasteiger partial charge in [-0.3, -0.25) is 4.79 Å². The van der Waals surface area contributed by atoms with E-state index in [1.165, 1.54) is 12.8 Å². The van der Waals surface area contributed by atoms with Gasteiger partial charge in [0.1, 0.15) is 0 Å². The van der Waals surface area contributed by atoms with Gasteiger partial charge in [0.2, 0.25) is 5.91 Å². The summed E-state index contributed by atoms with van der Waals surface area (Å²) >= 11 is 0. The maximum Gasteiger partial charge on any atom is 0.237 e. The third-order valence-electron chi connectivity index (χ3n) is 3.50. The molecule has 0 bridgehead atoms. The van der Waals surface area contributed by atoms with Crippen molar-refractivity contribution in [3.63, 3.8) is 0 Å². The van der Waals surface area contributed by atoms with E-state index in [0.29, 0.717) is 6.04 Å². The van der Waals surface area contributed by atoms with Crippen LogP contribution in [0.5, 0.6) is 0 Å². The summed E-state index contributed by atoms with van der Waals surface area (Å²) in [4.78, 5) is 14.1. The quantitative estimate of drug-likeness (QED) is 0.681. The molecule has 0 saturated carbocycles. The smallest absolute Gasteiger partial charge is 0.237 e. The zero-order valence-electron chi connectivity index (χ0n) is 11.5. The molecule has 2 N–H and O–H groups in total. The van der Waals surface area contributed by atoms with E-state index in [4.69, 9.17) is 0 Å². The Hall–Kier alpha value is -0.610. The Balaban J connectivity index is 2.07. The molecule has 17 heavy (non-hydrogen) atoms. The van der Waals surface area contributed by atoms with Crippen molar-refractivity contribution >= 4 is 5.91 Å². The Morgan fingerprint density at radius 1 is 1.47 bits per heavy atom. The molecular weight excluding hydrogens is 214 g/mol. The first-order chi connectivity index (χ1) is 8.11. The predicted octanol–water partition coefficient (Wildman–Crippen LogP) is 0.975. The van der Waals surface area contributed by atoms with Gasteiger partial charge in [0.15, 0.2) is 0 Å². The summed E-state index contributed by atoms with van der Waals surface area (Å²) in [5.41, 5.74) is 0. The van der Waals surface area contributed by atoms with Gasteiger partial charge in [0.05, 0.1) is 6.04 Å². The number of hydrogen-bond donors (Lipinski definition) is 2. The maximum absolute atomic E-state index is 11.8. The number of hydrogen-bond acceptors (Lipinski definition) is 3. The van der Waals surface area contributed by atoms with Gasteiger partial charge < -0.3 is 15.5 Å². The minimum absolute atomic E-state index is 0.0478. The summed E-state index contributed by atoms with van der Waals surface area (Å²) in [7, 11) is 2.12. The predicted molar refractivity (Wildman–Crippen MR) is 71.0 cm³/mol. The molecule has 1 fully saturated rings. The first-order valence-corrected chi connectivity index (χ1v) is 6.82. The minimum Gasteiger partial charge on any atom is -0.355 e. The van der Waals surface area contributed by atoms with Crippen LogP contribution >= 0.6 is 0 Å². The largest absolute Gasteiger partial charge is 0.355 e. The second-order valence-corrected chi connectivity index (χ2v) is 5.22. The van der Waals surface area contributed by atoms with Crippen molar-refractivity contribution in [3.8, 4) is 0 Å². The fourth-order valence-electron chi connectivity index (χ4n) is 2.00. The van der Waals surface area contributed by atoms with E-state index in [-0.39, 0.29) is 11.9 Å². The Morgan fingerprint density at radius 3 is 2.82 bits per heavy atom. The molecule has 0 unspecified atom stereocenters. The van der Waals surface area contributed by atoms with Crippen LogP contribution in [-0.4, -0.2) is 49.6 Å². The third kappa shape index (κ3) is 5.50. The summed E-state index contributed by atoms with van der Waals surface area (Å²) < 4.78 is 0. The Bertz CT molecular complexity index is 225. The van der Waals surface area contributed by atoms with Gasteiger partial charge in [0.25, 0.3) is 0 Å². The monoisotopic (exact) mass is 241 g/mol. The summed E-state index contributed by atoms with van der Waals surface area (Å²) in [6.07, 6.45) is 4.37. The lowest BCUT2D eigenvalue weighted by atomic mass is 10.0. The van der Waals surface area contributed by atoms with Crippen molar-refractivity contribution in [2.45, 2.75) is 51.6 Å². The molecule has 1 aliphatic heterocycles. The van der Waals surface area contributed by atoms with Crippen LogP contribution in [-0.2, 0) is 4.79 Å². The molecule has 0 radical (unpaired) electrons. The molecule has 4 heteroatoms. The van der Waals surface area contributed by atoms with Crippen LogP contribution in [0, 0.1) is 0 Å². The van der Waals surface area contributed by atoms with Crippen molar-refractivity contribution in [3.05, 3.63) is 0 Å². The average molecular weight is 241 g/mol. The average Bonchev–Trinajstić information content (AvgIpc) is 2.35. The van der Waals surface area contributed by atoms with Gasteiger partial charge in [-0.2, -0.15) is 0 Å². The number of carbonyl (C=O) groups is 1. The molecule has 1 rings (SSSR count). The molecule has 0 aromatic carbocycles. The molecule has 1 atom stereocenters. The minimum atomic E-state index is 0.0478. The number of carbonyl (C=O) groups excluding carboxylic acids is 1. The second-order valence-electron chi connectivity index (χ2n) is 5.22. The molecule has 1 aliphatic rings. The fourth-order valence-corrected chi connectivity index (χ4v) is 2.00. The molecule has 0 aromatic rings. The zero-order valence-corrected chi connectivity index (χ0v) is 11.5. The number of amides is 1. The van der Waals surface area contributed by atoms with E-state index in [1.807, 2.05) is 0 Å². The number of piperidine rings is 1. The fraction of sp³-hybridized carbons (Fsp3) is 0.923. The van der Waals surface area contributed by atoms with Crippen molar-refractivity contribution in [1.82, 2.24) is 15.5 Å².